The molecule has 0 radical (unpaired) electrons. The van der Waals surface area contributed by atoms with E-state index in [-0.39, 0.29) is 12.0 Å². The zero-order valence-corrected chi connectivity index (χ0v) is 8.76. The number of aliphatic hydroxyl groups excluding tert-OH is 1. The summed E-state index contributed by atoms with van der Waals surface area (Å²) in [6.45, 7) is 3.55. The first-order chi connectivity index (χ1) is 7.15. The molecule has 0 spiro atoms. The fourth-order valence-corrected chi connectivity index (χ4v) is 1.62. The van der Waals surface area contributed by atoms with Gasteiger partial charge in [0.1, 0.15) is 0 Å². The van der Waals surface area contributed by atoms with Gasteiger partial charge >= 0.3 is 0 Å². The minimum absolute atomic E-state index is 0.0912. The van der Waals surface area contributed by atoms with Gasteiger partial charge in [-0.2, -0.15) is 5.10 Å². The van der Waals surface area contributed by atoms with Crippen molar-refractivity contribution in [2.45, 2.75) is 26.0 Å². The van der Waals surface area contributed by atoms with E-state index in [1.54, 1.807) is 15.8 Å². The lowest BCUT2D eigenvalue weighted by Crippen LogP contribution is -2.53. The van der Waals surface area contributed by atoms with Gasteiger partial charge < -0.3 is 10.0 Å². The van der Waals surface area contributed by atoms with Crippen molar-refractivity contribution >= 4 is 5.91 Å². The number of hydrogen-bond donors (Lipinski definition) is 1. The van der Waals surface area contributed by atoms with Crippen molar-refractivity contribution in [1.29, 1.82) is 0 Å². The summed E-state index contributed by atoms with van der Waals surface area (Å²) in [6.07, 6.45) is 3.82. The van der Waals surface area contributed by atoms with Crippen LogP contribution in [-0.4, -0.2) is 44.9 Å². The quantitative estimate of drug-likeness (QED) is 0.749. The highest BCUT2D eigenvalue weighted by atomic mass is 16.3. The zero-order valence-electron chi connectivity index (χ0n) is 8.76. The molecule has 1 aromatic heterocycles. The first-order valence-electron chi connectivity index (χ1n) is 5.10. The fourth-order valence-electron chi connectivity index (χ4n) is 1.62. The summed E-state index contributed by atoms with van der Waals surface area (Å²) in [5.74, 6) is 0.0912. The Morgan fingerprint density at radius 3 is 2.93 bits per heavy atom. The highest BCUT2D eigenvalue weighted by Gasteiger charge is 2.28. The summed E-state index contributed by atoms with van der Waals surface area (Å²) in [4.78, 5) is 13.2. The topological polar surface area (TPSA) is 58.4 Å². The molecule has 0 aromatic carbocycles. The third-order valence-corrected chi connectivity index (χ3v) is 2.53. The average molecular weight is 209 g/mol. The predicted octanol–water partition coefficient (Wildman–Crippen LogP) is -0.215. The third-order valence-electron chi connectivity index (χ3n) is 2.53. The molecule has 2 heterocycles. The number of nitrogens with zero attached hydrogens (tertiary/aromatic N) is 3. The Kier molecular flexibility index (Phi) is 2.73. The number of aromatic nitrogens is 2. The van der Waals surface area contributed by atoms with Gasteiger partial charge in [0.05, 0.1) is 12.3 Å². The van der Waals surface area contributed by atoms with Gasteiger partial charge in [0.25, 0.3) is 0 Å². The first kappa shape index (κ1) is 10.2. The van der Waals surface area contributed by atoms with Crippen LogP contribution in [-0.2, 0) is 11.3 Å². The number of likely N-dealkylation sites (tertiary alicyclic amines) is 1. The van der Waals surface area contributed by atoms with Gasteiger partial charge in [0, 0.05) is 32.3 Å². The van der Waals surface area contributed by atoms with Crippen molar-refractivity contribution in [3.63, 3.8) is 0 Å². The molecule has 5 heteroatoms. The second kappa shape index (κ2) is 4.02. The lowest BCUT2D eigenvalue weighted by molar-refractivity contribution is -0.141. The molecule has 0 saturated carbocycles. The van der Waals surface area contributed by atoms with E-state index >= 15 is 0 Å². The first-order valence-corrected chi connectivity index (χ1v) is 5.10. The fraction of sp³-hybridized carbons (Fsp3) is 0.600. The Bertz CT molecular complexity index is 355. The highest BCUT2D eigenvalue weighted by Crippen LogP contribution is 2.09. The minimum atomic E-state index is -0.319. The van der Waals surface area contributed by atoms with Crippen LogP contribution >= 0.6 is 0 Å². The van der Waals surface area contributed by atoms with Crippen LogP contribution in [0.2, 0.25) is 0 Å². The van der Waals surface area contributed by atoms with Gasteiger partial charge in [0.2, 0.25) is 5.91 Å². The molecule has 1 aliphatic heterocycles. The van der Waals surface area contributed by atoms with Crippen LogP contribution in [0.25, 0.3) is 0 Å². The molecule has 0 bridgehead atoms. The maximum atomic E-state index is 11.5. The molecule has 0 unspecified atom stereocenters. The van der Waals surface area contributed by atoms with Crippen LogP contribution < -0.4 is 0 Å². The molecule has 0 aliphatic carbocycles. The number of amides is 1. The maximum Gasteiger partial charge on any atom is 0.224 e. The molecule has 1 amide bonds. The van der Waals surface area contributed by atoms with Gasteiger partial charge in [-0.05, 0) is 12.5 Å². The number of carbonyl (C=O) groups is 1. The Morgan fingerprint density at radius 1 is 1.67 bits per heavy atom. The second-order valence-corrected chi connectivity index (χ2v) is 3.98. The molecule has 5 nitrogen and oxygen atoms in total. The predicted molar refractivity (Wildman–Crippen MR) is 54.2 cm³/mol. The van der Waals surface area contributed by atoms with Crippen molar-refractivity contribution in [1.82, 2.24) is 14.7 Å². The summed E-state index contributed by atoms with van der Waals surface area (Å²) in [6, 6.07) is 0. The van der Waals surface area contributed by atoms with Crippen molar-refractivity contribution in [3.8, 4) is 0 Å². The van der Waals surface area contributed by atoms with E-state index in [2.05, 4.69) is 5.10 Å². The molecule has 1 saturated heterocycles. The zero-order chi connectivity index (χ0) is 10.8. The summed E-state index contributed by atoms with van der Waals surface area (Å²) < 4.78 is 1.77. The number of aliphatic hydroxyl groups is 1. The molecule has 1 aromatic rings. The molecular weight excluding hydrogens is 194 g/mol. The smallest absolute Gasteiger partial charge is 0.224 e. The summed E-state index contributed by atoms with van der Waals surface area (Å²) in [5, 5.41) is 13.1. The van der Waals surface area contributed by atoms with Gasteiger partial charge in [-0.1, -0.05) is 0 Å². The maximum absolute atomic E-state index is 11.5. The summed E-state index contributed by atoms with van der Waals surface area (Å²) >= 11 is 0. The summed E-state index contributed by atoms with van der Waals surface area (Å²) in [7, 11) is 0. The van der Waals surface area contributed by atoms with Crippen LogP contribution in [0.4, 0.5) is 0 Å². The average Bonchev–Trinajstić information content (AvgIpc) is 2.56. The molecule has 1 fully saturated rings. The highest BCUT2D eigenvalue weighted by molar-refractivity contribution is 5.77. The number of β-amino-alcohol motifs (C(OH)–C–C–N with tert-alkyl or cyclic N) is 1. The number of rotatable bonds is 3. The van der Waals surface area contributed by atoms with Gasteiger partial charge in [-0.15, -0.1) is 0 Å². The molecule has 2 rings (SSSR count). The Morgan fingerprint density at radius 2 is 2.40 bits per heavy atom. The minimum Gasteiger partial charge on any atom is -0.389 e. The molecule has 0 atom stereocenters. The van der Waals surface area contributed by atoms with E-state index in [9.17, 15) is 4.79 Å². The van der Waals surface area contributed by atoms with Crippen LogP contribution in [0.5, 0.6) is 0 Å². The second-order valence-electron chi connectivity index (χ2n) is 3.98. The van der Waals surface area contributed by atoms with Gasteiger partial charge in [0.15, 0.2) is 0 Å². The largest absolute Gasteiger partial charge is 0.389 e. The van der Waals surface area contributed by atoms with Crippen molar-refractivity contribution < 1.29 is 9.90 Å². The van der Waals surface area contributed by atoms with Gasteiger partial charge in [-0.25, -0.2) is 0 Å². The number of aryl methyl sites for hydroxylation is 2. The molecule has 1 N–H and O–H groups in total. The van der Waals surface area contributed by atoms with Crippen LogP contribution in [0, 0.1) is 6.92 Å². The standard InChI is InChI=1S/C10H15N3O2/c1-8-4-11-13(5-8)3-2-10(15)12-6-9(14)7-12/h4-5,9,14H,2-3,6-7H2,1H3. The molecule has 82 valence electrons. The van der Waals surface area contributed by atoms with E-state index in [0.717, 1.165) is 5.56 Å². The molecular formula is C10H15N3O2. The Balaban J connectivity index is 1.76. The van der Waals surface area contributed by atoms with Crippen molar-refractivity contribution in [3.05, 3.63) is 18.0 Å². The van der Waals surface area contributed by atoms with Crippen LogP contribution in [0.15, 0.2) is 12.4 Å². The summed E-state index contributed by atoms with van der Waals surface area (Å²) in [5.41, 5.74) is 1.10. The van der Waals surface area contributed by atoms with Crippen molar-refractivity contribution in [2.24, 2.45) is 0 Å². The molecule has 1 aliphatic rings. The van der Waals surface area contributed by atoms with Crippen LogP contribution in [0.1, 0.15) is 12.0 Å². The molecule has 15 heavy (non-hydrogen) atoms. The van der Waals surface area contributed by atoms with E-state index in [0.29, 0.717) is 26.1 Å². The lowest BCUT2D eigenvalue weighted by Gasteiger charge is -2.35. The van der Waals surface area contributed by atoms with E-state index in [4.69, 9.17) is 5.11 Å². The SMILES string of the molecule is Cc1cnn(CCC(=O)N2CC(O)C2)c1. The van der Waals surface area contributed by atoms with E-state index in [1.165, 1.54) is 0 Å². The number of carbonyl (C=O) groups excluding carboxylic acids is 1. The Labute approximate surface area is 88.3 Å². The lowest BCUT2D eigenvalue weighted by atomic mass is 10.1. The third kappa shape index (κ3) is 2.36. The number of hydrogen-bond acceptors (Lipinski definition) is 3. The van der Waals surface area contributed by atoms with Gasteiger partial charge in [-0.3, -0.25) is 9.48 Å². The normalized spacial score (nSPS) is 16.5. The van der Waals surface area contributed by atoms with E-state index < -0.39 is 0 Å². The van der Waals surface area contributed by atoms with E-state index in [1.807, 2.05) is 13.1 Å². The van der Waals surface area contributed by atoms with Crippen molar-refractivity contribution in [2.75, 3.05) is 13.1 Å². The van der Waals surface area contributed by atoms with Crippen LogP contribution in [0.3, 0.4) is 0 Å². The Hall–Kier alpha value is -1.36. The monoisotopic (exact) mass is 209 g/mol.